The molecule has 1 aromatic heterocycles. The number of aryl methyl sites for hydroxylation is 1. The van der Waals surface area contributed by atoms with Gasteiger partial charge in [-0.3, -0.25) is 4.79 Å². The topological polar surface area (TPSA) is 74.4 Å². The van der Waals surface area contributed by atoms with Crippen molar-refractivity contribution in [3.05, 3.63) is 111 Å². The maximum absolute atomic E-state index is 13.2. The molecule has 35 heavy (non-hydrogen) atoms. The van der Waals surface area contributed by atoms with Crippen LogP contribution in [-0.2, 0) is 19.5 Å². The average molecular weight is 470 g/mol. The van der Waals surface area contributed by atoms with Gasteiger partial charge in [-0.25, -0.2) is 4.79 Å². The molecular weight excluding hydrogens is 438 g/mol. The first kappa shape index (κ1) is 24.1. The first-order valence-corrected chi connectivity index (χ1v) is 11.9. The zero-order valence-corrected chi connectivity index (χ0v) is 20.2. The lowest BCUT2D eigenvalue weighted by Crippen LogP contribution is -2.41. The summed E-state index contributed by atoms with van der Waals surface area (Å²) in [6.07, 6.45) is 0.700. The van der Waals surface area contributed by atoms with E-state index >= 15 is 0 Å². The minimum atomic E-state index is -0.204. The normalized spacial score (nSPS) is 10.8. The third kappa shape index (κ3) is 6.29. The molecule has 6 nitrogen and oxygen atoms in total. The summed E-state index contributed by atoms with van der Waals surface area (Å²) < 4.78 is 5.61. The second-order valence-electron chi connectivity index (χ2n) is 8.55. The van der Waals surface area contributed by atoms with Crippen molar-refractivity contribution in [2.75, 3.05) is 13.2 Å². The molecule has 1 heterocycles. The Morgan fingerprint density at radius 2 is 1.74 bits per heavy atom. The highest BCUT2D eigenvalue weighted by atomic mass is 16.5. The van der Waals surface area contributed by atoms with Crippen LogP contribution < -0.4 is 15.6 Å². The molecule has 0 bridgehead atoms. The number of nitrogens with zero attached hydrogens (tertiary/aromatic N) is 1. The smallest absolute Gasteiger partial charge is 0.317 e. The number of aromatic amines is 1. The first-order valence-electron chi connectivity index (χ1n) is 11.9. The number of rotatable bonds is 9. The molecule has 2 amide bonds. The molecule has 6 heteroatoms. The summed E-state index contributed by atoms with van der Waals surface area (Å²) in [7, 11) is 0. The van der Waals surface area contributed by atoms with E-state index in [-0.39, 0.29) is 18.1 Å². The predicted molar refractivity (Wildman–Crippen MR) is 140 cm³/mol. The highest BCUT2D eigenvalue weighted by Gasteiger charge is 2.17. The van der Waals surface area contributed by atoms with Crippen LogP contribution in [0.3, 0.4) is 0 Å². The van der Waals surface area contributed by atoms with E-state index in [4.69, 9.17) is 4.74 Å². The van der Waals surface area contributed by atoms with Crippen molar-refractivity contribution in [2.45, 2.75) is 33.4 Å². The number of urea groups is 1. The largest absolute Gasteiger partial charge is 0.494 e. The summed E-state index contributed by atoms with van der Waals surface area (Å²) in [4.78, 5) is 30.7. The maximum atomic E-state index is 13.2. The van der Waals surface area contributed by atoms with Gasteiger partial charge in [-0.1, -0.05) is 54.6 Å². The van der Waals surface area contributed by atoms with Crippen molar-refractivity contribution in [3.8, 4) is 5.75 Å². The number of nitrogens with one attached hydrogen (secondary N) is 2. The monoisotopic (exact) mass is 469 g/mol. The number of hydrogen-bond acceptors (Lipinski definition) is 3. The molecule has 0 aliphatic rings. The van der Waals surface area contributed by atoms with E-state index < -0.39 is 0 Å². The summed E-state index contributed by atoms with van der Waals surface area (Å²) in [6.45, 7) is 5.68. The van der Waals surface area contributed by atoms with Gasteiger partial charge >= 0.3 is 6.03 Å². The van der Waals surface area contributed by atoms with Gasteiger partial charge in [-0.2, -0.15) is 0 Å². The Labute approximate surface area is 205 Å². The highest BCUT2D eigenvalue weighted by molar-refractivity contribution is 5.81. The molecule has 180 valence electrons. The maximum Gasteiger partial charge on any atom is 0.317 e. The van der Waals surface area contributed by atoms with Crippen molar-refractivity contribution < 1.29 is 9.53 Å². The summed E-state index contributed by atoms with van der Waals surface area (Å²) in [5.41, 5.74) is 4.46. The third-order valence-electron chi connectivity index (χ3n) is 6.05. The van der Waals surface area contributed by atoms with E-state index in [1.807, 2.05) is 73.7 Å². The summed E-state index contributed by atoms with van der Waals surface area (Å²) in [6, 6.07) is 25.2. The lowest BCUT2D eigenvalue weighted by Gasteiger charge is -2.24. The number of aromatic nitrogens is 1. The first-order chi connectivity index (χ1) is 17.0. The van der Waals surface area contributed by atoms with Gasteiger partial charge in [-0.15, -0.1) is 0 Å². The van der Waals surface area contributed by atoms with Crippen LogP contribution in [0.5, 0.6) is 5.75 Å². The quantitative estimate of drug-likeness (QED) is 0.354. The Balaban J connectivity index is 1.57. The molecular formula is C29H31N3O3. The number of amides is 2. The molecule has 0 fully saturated rings. The SMILES string of the molecule is CCOc1ccc2[nH]c(=O)c(CN(CCc3ccccc3C)C(=O)NCc3ccccc3)cc2c1. The number of H-pyrrole nitrogens is 1. The van der Waals surface area contributed by atoms with Crippen LogP contribution in [0.2, 0.25) is 0 Å². The zero-order chi connectivity index (χ0) is 24.6. The number of fused-ring (bicyclic) bond motifs is 1. The van der Waals surface area contributed by atoms with Crippen molar-refractivity contribution in [1.82, 2.24) is 15.2 Å². The zero-order valence-electron chi connectivity index (χ0n) is 20.2. The summed E-state index contributed by atoms with van der Waals surface area (Å²) in [5.74, 6) is 0.745. The van der Waals surface area contributed by atoms with Gasteiger partial charge in [0, 0.05) is 29.6 Å². The highest BCUT2D eigenvalue weighted by Crippen LogP contribution is 2.20. The van der Waals surface area contributed by atoms with Crippen molar-refractivity contribution in [2.24, 2.45) is 0 Å². The van der Waals surface area contributed by atoms with Crippen LogP contribution in [0.4, 0.5) is 4.79 Å². The number of carbonyl (C=O) groups is 1. The molecule has 0 atom stereocenters. The predicted octanol–water partition coefficient (Wildman–Crippen LogP) is 5.19. The van der Waals surface area contributed by atoms with Crippen LogP contribution in [0, 0.1) is 6.92 Å². The molecule has 4 aromatic rings. The fourth-order valence-electron chi connectivity index (χ4n) is 4.09. The minimum absolute atomic E-state index is 0.196. The van der Waals surface area contributed by atoms with E-state index in [0.717, 1.165) is 22.2 Å². The Morgan fingerprint density at radius 1 is 0.971 bits per heavy atom. The van der Waals surface area contributed by atoms with Gasteiger partial charge in [0.15, 0.2) is 0 Å². The van der Waals surface area contributed by atoms with Gasteiger partial charge in [0.1, 0.15) is 5.75 Å². The second-order valence-corrected chi connectivity index (χ2v) is 8.55. The average Bonchev–Trinajstić information content (AvgIpc) is 2.87. The number of ether oxygens (including phenoxy) is 1. The summed E-state index contributed by atoms with van der Waals surface area (Å²) >= 11 is 0. The van der Waals surface area contributed by atoms with E-state index in [2.05, 4.69) is 29.4 Å². The number of hydrogen-bond donors (Lipinski definition) is 2. The fraction of sp³-hybridized carbons (Fsp3) is 0.241. The van der Waals surface area contributed by atoms with Crippen molar-refractivity contribution in [3.63, 3.8) is 0 Å². The molecule has 0 aliphatic heterocycles. The molecule has 0 saturated heterocycles. The molecule has 0 aliphatic carbocycles. The van der Waals surface area contributed by atoms with Gasteiger partial charge in [-0.05, 0) is 61.2 Å². The van der Waals surface area contributed by atoms with Gasteiger partial charge < -0.3 is 19.9 Å². The van der Waals surface area contributed by atoms with Crippen LogP contribution >= 0.6 is 0 Å². The second kappa shape index (κ2) is 11.4. The lowest BCUT2D eigenvalue weighted by atomic mass is 10.1. The van der Waals surface area contributed by atoms with Gasteiger partial charge in [0.25, 0.3) is 5.56 Å². The van der Waals surface area contributed by atoms with E-state index in [9.17, 15) is 9.59 Å². The number of benzene rings is 3. The Bertz CT molecular complexity index is 1350. The molecule has 2 N–H and O–H groups in total. The number of pyridine rings is 1. The van der Waals surface area contributed by atoms with Gasteiger partial charge in [0.2, 0.25) is 0 Å². The standard InChI is InChI=1S/C29H31N3O3/c1-3-35-26-13-14-27-24(18-26)17-25(28(33)31-27)20-32(16-15-23-12-8-7-9-21(23)2)29(34)30-19-22-10-5-4-6-11-22/h4-14,17-18H,3,15-16,19-20H2,1-2H3,(H,30,34)(H,31,33). The summed E-state index contributed by atoms with van der Waals surface area (Å²) in [5, 5.41) is 3.88. The molecule has 0 spiro atoms. The van der Waals surface area contributed by atoms with Crippen LogP contribution in [0.15, 0.2) is 83.7 Å². The van der Waals surface area contributed by atoms with Gasteiger partial charge in [0.05, 0.1) is 13.2 Å². The molecule has 4 rings (SSSR count). The van der Waals surface area contributed by atoms with Crippen molar-refractivity contribution in [1.29, 1.82) is 0 Å². The number of carbonyl (C=O) groups excluding carboxylic acids is 1. The Morgan fingerprint density at radius 3 is 2.51 bits per heavy atom. The Kier molecular flexibility index (Phi) is 7.83. The lowest BCUT2D eigenvalue weighted by molar-refractivity contribution is 0.195. The van der Waals surface area contributed by atoms with E-state index in [1.165, 1.54) is 11.1 Å². The third-order valence-corrected chi connectivity index (χ3v) is 6.05. The molecule has 3 aromatic carbocycles. The molecule has 0 saturated carbocycles. The molecule has 0 radical (unpaired) electrons. The van der Waals surface area contributed by atoms with Crippen molar-refractivity contribution >= 4 is 16.9 Å². The fourth-order valence-corrected chi connectivity index (χ4v) is 4.09. The molecule has 0 unspecified atom stereocenters. The van der Waals surface area contributed by atoms with Crippen LogP contribution in [-0.4, -0.2) is 29.1 Å². The van der Waals surface area contributed by atoms with E-state index in [1.54, 1.807) is 4.90 Å². The minimum Gasteiger partial charge on any atom is -0.494 e. The van der Waals surface area contributed by atoms with Crippen LogP contribution in [0.1, 0.15) is 29.2 Å². The Hall–Kier alpha value is -4.06. The van der Waals surface area contributed by atoms with Crippen LogP contribution in [0.25, 0.3) is 10.9 Å². The van der Waals surface area contributed by atoms with E-state index in [0.29, 0.717) is 31.7 Å².